The van der Waals surface area contributed by atoms with E-state index in [1.54, 1.807) is 0 Å². The SMILES string of the molecule is CCC\C(=C/C1=C/C(CCc2ccccc2)=N\C=C(/C)CC1)C1=CCC(C)C(CC)C=N1. The van der Waals surface area contributed by atoms with Gasteiger partial charge in [0.25, 0.3) is 0 Å². The highest BCUT2D eigenvalue weighted by Crippen LogP contribution is 2.29. The van der Waals surface area contributed by atoms with Gasteiger partial charge in [-0.3, -0.25) is 9.98 Å². The Bertz CT molecular complexity index is 925. The Balaban J connectivity index is 1.86. The third-order valence-electron chi connectivity index (χ3n) is 6.62. The van der Waals surface area contributed by atoms with Crippen LogP contribution >= 0.6 is 0 Å². The predicted molar refractivity (Wildman–Crippen MR) is 140 cm³/mol. The maximum atomic E-state index is 4.96. The van der Waals surface area contributed by atoms with Crippen molar-refractivity contribution in [1.82, 2.24) is 0 Å². The lowest BCUT2D eigenvalue weighted by Gasteiger charge is -2.14. The minimum absolute atomic E-state index is 0.580. The van der Waals surface area contributed by atoms with E-state index in [9.17, 15) is 0 Å². The van der Waals surface area contributed by atoms with Crippen molar-refractivity contribution in [2.75, 3.05) is 0 Å². The summed E-state index contributed by atoms with van der Waals surface area (Å²) < 4.78 is 0. The van der Waals surface area contributed by atoms with E-state index in [1.165, 1.54) is 33.7 Å². The molecule has 2 aliphatic rings. The molecule has 2 aliphatic heterocycles. The molecule has 0 bridgehead atoms. The lowest BCUT2D eigenvalue weighted by molar-refractivity contribution is 0.457. The van der Waals surface area contributed by atoms with Crippen molar-refractivity contribution in [3.63, 3.8) is 0 Å². The van der Waals surface area contributed by atoms with Crippen molar-refractivity contribution >= 4 is 11.9 Å². The van der Waals surface area contributed by atoms with Crippen molar-refractivity contribution in [2.24, 2.45) is 21.8 Å². The molecule has 0 fully saturated rings. The van der Waals surface area contributed by atoms with Crippen LogP contribution in [0.25, 0.3) is 0 Å². The summed E-state index contributed by atoms with van der Waals surface area (Å²) in [6.07, 6.45) is 20.0. The third-order valence-corrected chi connectivity index (χ3v) is 6.62. The van der Waals surface area contributed by atoms with Gasteiger partial charge in [-0.25, -0.2) is 0 Å². The molecule has 0 aliphatic carbocycles. The number of benzene rings is 1. The predicted octanol–water partition coefficient (Wildman–Crippen LogP) is 8.43. The van der Waals surface area contributed by atoms with Gasteiger partial charge in [-0.2, -0.15) is 0 Å². The number of aliphatic imine (C=N–C) groups is 2. The second-order valence-electron chi connectivity index (χ2n) is 9.37. The largest absolute Gasteiger partial charge is 0.261 e. The molecule has 2 heteroatoms. The first-order valence-corrected chi connectivity index (χ1v) is 12.5. The fraction of sp³-hybridized carbons (Fsp3) is 0.467. The van der Waals surface area contributed by atoms with Gasteiger partial charge in [0.2, 0.25) is 0 Å². The molecule has 0 saturated carbocycles. The summed E-state index contributed by atoms with van der Waals surface area (Å²) >= 11 is 0. The minimum Gasteiger partial charge on any atom is -0.261 e. The summed E-state index contributed by atoms with van der Waals surface area (Å²) in [4.78, 5) is 9.81. The molecule has 0 aromatic heterocycles. The molecule has 0 radical (unpaired) electrons. The molecule has 0 N–H and O–H groups in total. The summed E-state index contributed by atoms with van der Waals surface area (Å²) in [7, 11) is 0. The van der Waals surface area contributed by atoms with Gasteiger partial charge in [-0.05, 0) is 86.5 Å². The van der Waals surface area contributed by atoms with Crippen molar-refractivity contribution in [3.05, 3.63) is 82.7 Å². The van der Waals surface area contributed by atoms with Crippen LogP contribution in [0.15, 0.2) is 87.2 Å². The number of nitrogens with zero attached hydrogens (tertiary/aromatic N) is 2. The zero-order valence-corrected chi connectivity index (χ0v) is 20.5. The zero-order chi connectivity index (χ0) is 22.8. The first kappa shape index (κ1) is 24.2. The summed E-state index contributed by atoms with van der Waals surface area (Å²) in [6, 6.07) is 10.7. The van der Waals surface area contributed by atoms with E-state index >= 15 is 0 Å². The van der Waals surface area contributed by atoms with Crippen LogP contribution in [-0.2, 0) is 6.42 Å². The molecule has 170 valence electrons. The highest BCUT2D eigenvalue weighted by Gasteiger charge is 2.17. The van der Waals surface area contributed by atoms with Crippen molar-refractivity contribution in [3.8, 4) is 0 Å². The first-order valence-electron chi connectivity index (χ1n) is 12.5. The Morgan fingerprint density at radius 2 is 1.91 bits per heavy atom. The molecule has 0 saturated heterocycles. The zero-order valence-electron chi connectivity index (χ0n) is 20.5. The van der Waals surface area contributed by atoms with Crippen molar-refractivity contribution in [1.29, 1.82) is 0 Å². The van der Waals surface area contributed by atoms with Gasteiger partial charge in [0.15, 0.2) is 0 Å². The van der Waals surface area contributed by atoms with Crippen LogP contribution in [0, 0.1) is 11.8 Å². The minimum atomic E-state index is 0.580. The van der Waals surface area contributed by atoms with Gasteiger partial charge in [0.05, 0.1) is 5.70 Å². The smallest absolute Gasteiger partial charge is 0.0618 e. The quantitative estimate of drug-likeness (QED) is 0.397. The first-order chi connectivity index (χ1) is 15.6. The van der Waals surface area contributed by atoms with Gasteiger partial charge in [0.1, 0.15) is 0 Å². The lowest BCUT2D eigenvalue weighted by atomic mass is 9.90. The van der Waals surface area contributed by atoms with Gasteiger partial charge in [-0.15, -0.1) is 0 Å². The average Bonchev–Trinajstić information content (AvgIpc) is 2.99. The molecule has 2 unspecified atom stereocenters. The summed E-state index contributed by atoms with van der Waals surface area (Å²) in [5, 5.41) is 0. The van der Waals surface area contributed by atoms with E-state index in [4.69, 9.17) is 9.98 Å². The van der Waals surface area contributed by atoms with Crippen LogP contribution in [0.3, 0.4) is 0 Å². The second-order valence-corrected chi connectivity index (χ2v) is 9.37. The summed E-state index contributed by atoms with van der Waals surface area (Å²) in [5.41, 5.74) is 7.84. The highest BCUT2D eigenvalue weighted by molar-refractivity contribution is 5.96. The molecular formula is C30H40N2. The second kappa shape index (κ2) is 12.5. The van der Waals surface area contributed by atoms with Crippen LogP contribution in [-0.4, -0.2) is 11.9 Å². The Morgan fingerprint density at radius 3 is 2.66 bits per heavy atom. The Morgan fingerprint density at radius 1 is 1.09 bits per heavy atom. The molecule has 0 spiro atoms. The number of hydrogen-bond acceptors (Lipinski definition) is 2. The fourth-order valence-corrected chi connectivity index (χ4v) is 4.43. The standard InChI is InChI=1S/C30H40N2/c1-5-10-28(30-18-14-24(4)27(6-2)22-32-30)19-26-15-13-23(3)21-31-29(20-26)17-16-25-11-8-7-9-12-25/h7-9,11-12,18-22,24,27H,5-6,10,13-17H2,1-4H3/b23-21+,26-20+,28-19+,31-29-. The van der Waals surface area contributed by atoms with Gasteiger partial charge in [-0.1, -0.05) is 75.2 Å². The summed E-state index contributed by atoms with van der Waals surface area (Å²) in [5.74, 6) is 1.24. The number of allylic oxidation sites excluding steroid dienone is 6. The molecule has 2 nitrogen and oxygen atoms in total. The molecule has 1 aromatic carbocycles. The van der Waals surface area contributed by atoms with Gasteiger partial charge in [0, 0.05) is 18.1 Å². The van der Waals surface area contributed by atoms with Crippen LogP contribution < -0.4 is 0 Å². The van der Waals surface area contributed by atoms with E-state index < -0.39 is 0 Å². The molecule has 32 heavy (non-hydrogen) atoms. The monoisotopic (exact) mass is 428 g/mol. The van der Waals surface area contributed by atoms with Crippen LogP contribution in [0.2, 0.25) is 0 Å². The van der Waals surface area contributed by atoms with E-state index in [2.05, 4.69) is 88.7 Å². The molecular weight excluding hydrogens is 388 g/mol. The number of hydrogen-bond donors (Lipinski definition) is 0. The van der Waals surface area contributed by atoms with Crippen LogP contribution in [0.4, 0.5) is 0 Å². The maximum absolute atomic E-state index is 4.96. The Kier molecular flexibility index (Phi) is 9.46. The third kappa shape index (κ3) is 7.29. The average molecular weight is 429 g/mol. The Labute approximate surface area is 195 Å². The topological polar surface area (TPSA) is 24.7 Å². The summed E-state index contributed by atoms with van der Waals surface area (Å²) in [6.45, 7) is 9.08. The molecule has 2 heterocycles. The van der Waals surface area contributed by atoms with E-state index in [0.717, 1.165) is 51.4 Å². The van der Waals surface area contributed by atoms with E-state index in [1.807, 2.05) is 0 Å². The fourth-order valence-electron chi connectivity index (χ4n) is 4.43. The highest BCUT2D eigenvalue weighted by atomic mass is 14.7. The Hall–Kier alpha value is -2.48. The maximum Gasteiger partial charge on any atom is 0.0618 e. The molecule has 0 amide bonds. The number of rotatable bonds is 8. The van der Waals surface area contributed by atoms with Crippen molar-refractivity contribution < 1.29 is 0 Å². The van der Waals surface area contributed by atoms with Crippen molar-refractivity contribution in [2.45, 2.75) is 79.1 Å². The molecule has 3 rings (SSSR count). The van der Waals surface area contributed by atoms with Gasteiger partial charge >= 0.3 is 0 Å². The molecule has 2 atom stereocenters. The van der Waals surface area contributed by atoms with Crippen LogP contribution in [0.5, 0.6) is 0 Å². The van der Waals surface area contributed by atoms with E-state index in [-0.39, 0.29) is 0 Å². The number of aryl methyl sites for hydroxylation is 1. The lowest BCUT2D eigenvalue weighted by Crippen LogP contribution is -2.10. The van der Waals surface area contributed by atoms with E-state index in [0.29, 0.717) is 11.8 Å². The molecule has 1 aromatic rings. The van der Waals surface area contributed by atoms with Crippen LogP contribution in [0.1, 0.15) is 78.2 Å². The van der Waals surface area contributed by atoms with Gasteiger partial charge < -0.3 is 0 Å². The normalized spacial score (nSPS) is 27.1.